The highest BCUT2D eigenvalue weighted by Crippen LogP contribution is 2.24. The third kappa shape index (κ3) is 4.53. The predicted molar refractivity (Wildman–Crippen MR) is 98.5 cm³/mol. The molecule has 0 bridgehead atoms. The first kappa shape index (κ1) is 17.3. The number of benzene rings is 1. The Morgan fingerprint density at radius 2 is 2.00 bits per heavy atom. The third-order valence-electron chi connectivity index (χ3n) is 4.70. The minimum atomic E-state index is -0.394. The van der Waals surface area contributed by atoms with Gasteiger partial charge in [-0.25, -0.2) is 4.98 Å². The molecule has 1 atom stereocenters. The summed E-state index contributed by atoms with van der Waals surface area (Å²) in [5, 5.41) is 11.4. The first-order valence-corrected chi connectivity index (χ1v) is 9.36. The number of β-amino-alcohol motifs (C(OH)–C–C–N with tert-alkyl or cyclic N) is 1. The fourth-order valence-corrected chi connectivity index (χ4v) is 3.92. The number of aliphatic hydroxyl groups excluding tert-OH is 1. The maximum atomic E-state index is 10.4. The second kappa shape index (κ2) is 8.05. The van der Waals surface area contributed by atoms with Crippen molar-refractivity contribution in [2.75, 3.05) is 38.1 Å². The molecule has 1 aliphatic heterocycles. The molecule has 1 fully saturated rings. The van der Waals surface area contributed by atoms with Gasteiger partial charge in [-0.2, -0.15) is 4.37 Å². The summed E-state index contributed by atoms with van der Waals surface area (Å²) >= 11 is 1.47. The number of nitrogens with zero attached hydrogens (tertiary/aromatic N) is 4. The lowest BCUT2D eigenvalue weighted by atomic mass is 9.96. The molecule has 0 radical (unpaired) electrons. The maximum absolute atomic E-state index is 10.4. The van der Waals surface area contributed by atoms with Crippen molar-refractivity contribution in [2.45, 2.75) is 25.9 Å². The second-order valence-corrected chi connectivity index (χ2v) is 7.41. The molecule has 130 valence electrons. The minimum Gasteiger partial charge on any atom is -0.387 e. The molecule has 2 heterocycles. The highest BCUT2D eigenvalue weighted by molar-refractivity contribution is 7.09. The first-order valence-electron chi connectivity index (χ1n) is 8.58. The molecular weight excluding hydrogens is 320 g/mol. The Morgan fingerprint density at radius 1 is 1.29 bits per heavy atom. The van der Waals surface area contributed by atoms with Crippen LogP contribution in [-0.4, -0.2) is 52.6 Å². The zero-order chi connectivity index (χ0) is 16.9. The van der Waals surface area contributed by atoms with Crippen LogP contribution in [0.5, 0.6) is 0 Å². The summed E-state index contributed by atoms with van der Waals surface area (Å²) in [7, 11) is 2.10. The van der Waals surface area contributed by atoms with E-state index in [1.165, 1.54) is 24.4 Å². The van der Waals surface area contributed by atoms with Crippen molar-refractivity contribution in [3.05, 3.63) is 41.7 Å². The lowest BCUT2D eigenvalue weighted by Gasteiger charge is -2.34. The van der Waals surface area contributed by atoms with Crippen LogP contribution in [0.2, 0.25) is 0 Å². The summed E-state index contributed by atoms with van der Waals surface area (Å²) in [5.41, 5.74) is 1.01. The zero-order valence-corrected chi connectivity index (χ0v) is 15.2. The molecule has 1 aromatic carbocycles. The largest absolute Gasteiger partial charge is 0.387 e. The Bertz CT molecular complexity index is 625. The normalized spacial score (nSPS) is 17.8. The molecule has 6 heteroatoms. The van der Waals surface area contributed by atoms with E-state index < -0.39 is 6.10 Å². The predicted octanol–water partition coefficient (Wildman–Crippen LogP) is 2.73. The van der Waals surface area contributed by atoms with Crippen LogP contribution in [0.4, 0.5) is 5.13 Å². The molecule has 0 aliphatic carbocycles. The van der Waals surface area contributed by atoms with Crippen LogP contribution in [0.3, 0.4) is 0 Å². The van der Waals surface area contributed by atoms with Gasteiger partial charge in [-0.3, -0.25) is 0 Å². The van der Waals surface area contributed by atoms with Crippen molar-refractivity contribution in [1.82, 2.24) is 14.3 Å². The summed E-state index contributed by atoms with van der Waals surface area (Å²) in [5.74, 6) is 1.54. The van der Waals surface area contributed by atoms with E-state index in [1.54, 1.807) is 0 Å². The zero-order valence-electron chi connectivity index (χ0n) is 14.4. The topological polar surface area (TPSA) is 52.5 Å². The monoisotopic (exact) mass is 346 g/mol. The molecule has 24 heavy (non-hydrogen) atoms. The summed E-state index contributed by atoms with van der Waals surface area (Å²) in [4.78, 5) is 9.06. The van der Waals surface area contributed by atoms with Crippen molar-refractivity contribution in [2.24, 2.45) is 5.92 Å². The van der Waals surface area contributed by atoms with Crippen LogP contribution >= 0.6 is 11.5 Å². The highest BCUT2D eigenvalue weighted by Gasteiger charge is 2.23. The van der Waals surface area contributed by atoms with Crippen LogP contribution < -0.4 is 4.90 Å². The molecule has 1 N–H and O–H groups in total. The second-order valence-electron chi connectivity index (χ2n) is 6.68. The lowest BCUT2D eigenvalue weighted by Crippen LogP contribution is -2.39. The van der Waals surface area contributed by atoms with Crippen molar-refractivity contribution in [1.29, 1.82) is 0 Å². The minimum absolute atomic E-state index is 0.394. The van der Waals surface area contributed by atoms with Gasteiger partial charge in [-0.1, -0.05) is 30.3 Å². The van der Waals surface area contributed by atoms with Gasteiger partial charge in [0.25, 0.3) is 0 Å². The van der Waals surface area contributed by atoms with Gasteiger partial charge in [0.15, 0.2) is 0 Å². The summed E-state index contributed by atoms with van der Waals surface area (Å²) in [6.07, 6.45) is 1.95. The molecule has 0 amide bonds. The molecule has 1 aliphatic rings. The number of rotatable bonds is 6. The van der Waals surface area contributed by atoms with Crippen molar-refractivity contribution in [3.63, 3.8) is 0 Å². The van der Waals surface area contributed by atoms with Crippen molar-refractivity contribution >= 4 is 16.7 Å². The third-order valence-corrected chi connectivity index (χ3v) is 5.62. The van der Waals surface area contributed by atoms with Gasteiger partial charge in [0, 0.05) is 31.7 Å². The molecule has 0 saturated carbocycles. The van der Waals surface area contributed by atoms with Gasteiger partial charge >= 0.3 is 0 Å². The lowest BCUT2D eigenvalue weighted by molar-refractivity contribution is 0.0902. The van der Waals surface area contributed by atoms with E-state index in [4.69, 9.17) is 0 Å². The molecule has 1 aromatic heterocycles. The Hall–Kier alpha value is -1.50. The van der Waals surface area contributed by atoms with Crippen LogP contribution in [0, 0.1) is 12.8 Å². The molecule has 3 rings (SSSR count). The van der Waals surface area contributed by atoms with E-state index in [-0.39, 0.29) is 0 Å². The van der Waals surface area contributed by atoms with Crippen LogP contribution in [0.1, 0.15) is 30.3 Å². The molecule has 0 spiro atoms. The first-order chi connectivity index (χ1) is 11.6. The molecule has 0 unspecified atom stereocenters. The van der Waals surface area contributed by atoms with Crippen molar-refractivity contribution < 1.29 is 5.11 Å². The van der Waals surface area contributed by atoms with Gasteiger partial charge in [0.1, 0.15) is 5.82 Å². The van der Waals surface area contributed by atoms with Gasteiger partial charge in [0.2, 0.25) is 5.13 Å². The Labute approximate surface area is 148 Å². The Kier molecular flexibility index (Phi) is 5.81. The average molecular weight is 347 g/mol. The SMILES string of the molecule is Cc1nsc(N(C)CC2CCN(C[C@@H](O)c3ccccc3)CC2)n1. The van der Waals surface area contributed by atoms with Gasteiger partial charge in [-0.15, -0.1) is 0 Å². The summed E-state index contributed by atoms with van der Waals surface area (Å²) in [6, 6.07) is 9.94. The van der Waals surface area contributed by atoms with E-state index in [0.717, 1.165) is 42.7 Å². The number of aliphatic hydroxyl groups is 1. The van der Waals surface area contributed by atoms with Gasteiger partial charge < -0.3 is 14.9 Å². The van der Waals surface area contributed by atoms with Gasteiger partial charge in [0.05, 0.1) is 6.10 Å². The highest BCUT2D eigenvalue weighted by atomic mass is 32.1. The van der Waals surface area contributed by atoms with E-state index in [1.807, 2.05) is 37.3 Å². The molecular formula is C18H26N4OS. The number of likely N-dealkylation sites (tertiary alicyclic amines) is 1. The fourth-order valence-electron chi connectivity index (χ4n) is 3.28. The molecule has 5 nitrogen and oxygen atoms in total. The number of aromatic nitrogens is 2. The smallest absolute Gasteiger partial charge is 0.204 e. The quantitative estimate of drug-likeness (QED) is 0.872. The standard InChI is InChI=1S/C18H26N4OS/c1-14-19-18(24-20-14)21(2)12-15-8-10-22(11-9-15)13-17(23)16-6-4-3-5-7-16/h3-7,15,17,23H,8-13H2,1-2H3/t17-/m1/s1. The van der Waals surface area contributed by atoms with E-state index >= 15 is 0 Å². The van der Waals surface area contributed by atoms with E-state index in [2.05, 4.69) is 26.2 Å². The molecule has 2 aromatic rings. The van der Waals surface area contributed by atoms with Crippen molar-refractivity contribution in [3.8, 4) is 0 Å². The number of anilines is 1. The summed E-state index contributed by atoms with van der Waals surface area (Å²) in [6.45, 7) is 5.80. The van der Waals surface area contributed by atoms with Crippen LogP contribution in [-0.2, 0) is 0 Å². The number of aryl methyl sites for hydroxylation is 1. The molecule has 1 saturated heterocycles. The fraction of sp³-hybridized carbons (Fsp3) is 0.556. The number of hydrogen-bond donors (Lipinski definition) is 1. The number of piperidine rings is 1. The maximum Gasteiger partial charge on any atom is 0.204 e. The van der Waals surface area contributed by atoms with Crippen LogP contribution in [0.25, 0.3) is 0 Å². The Balaban J connectivity index is 1.44. The van der Waals surface area contributed by atoms with E-state index in [0.29, 0.717) is 5.92 Å². The Morgan fingerprint density at radius 3 is 2.62 bits per heavy atom. The van der Waals surface area contributed by atoms with E-state index in [9.17, 15) is 5.11 Å². The summed E-state index contributed by atoms with van der Waals surface area (Å²) < 4.78 is 4.26. The average Bonchev–Trinajstić information content (AvgIpc) is 3.04. The number of hydrogen-bond acceptors (Lipinski definition) is 6. The van der Waals surface area contributed by atoms with Crippen LogP contribution in [0.15, 0.2) is 30.3 Å². The van der Waals surface area contributed by atoms with Gasteiger partial charge in [-0.05, 0) is 44.3 Å².